The molecule has 1 aliphatic rings. The molecule has 0 saturated carbocycles. The Morgan fingerprint density at radius 1 is 1.22 bits per heavy atom. The van der Waals surface area contributed by atoms with Crippen molar-refractivity contribution in [3.05, 3.63) is 29.3 Å². The Bertz CT molecular complexity index is 645. The summed E-state index contributed by atoms with van der Waals surface area (Å²) in [6, 6.07) is 6.45. The van der Waals surface area contributed by atoms with E-state index in [1.807, 2.05) is 0 Å². The highest BCUT2D eigenvalue weighted by atomic mass is 32.2. The van der Waals surface area contributed by atoms with Gasteiger partial charge in [0, 0.05) is 18.0 Å². The summed E-state index contributed by atoms with van der Waals surface area (Å²) in [5.41, 5.74) is 2.45. The van der Waals surface area contributed by atoms with E-state index in [9.17, 15) is 4.21 Å². The number of hydrogen-bond donors (Lipinski definition) is 0. The largest absolute Gasteiger partial charge is 0.248 e. The number of piperidine rings is 1. The molecule has 0 aromatic heterocycles. The van der Waals surface area contributed by atoms with E-state index < -0.39 is 9.71 Å². The molecule has 0 bridgehead atoms. The van der Waals surface area contributed by atoms with Crippen LogP contribution in [0.3, 0.4) is 0 Å². The lowest BCUT2D eigenvalue weighted by Crippen LogP contribution is -2.38. The van der Waals surface area contributed by atoms with Gasteiger partial charge < -0.3 is 0 Å². The molecule has 2 rings (SSSR count). The van der Waals surface area contributed by atoms with Gasteiger partial charge >= 0.3 is 0 Å². The second-order valence-electron chi connectivity index (χ2n) is 8.41. The summed E-state index contributed by atoms with van der Waals surface area (Å²) in [5, 5.41) is 0. The standard InChI is InChI=1S/C20H33NOS/c1-15(2)17-8-9-19(18(14-17)20(4,5)6)23(7,22)21-12-10-16(3)11-13-21/h8-9,14-16H,7,10-13H2,1-6H3. The topological polar surface area (TPSA) is 20.3 Å². The third-order valence-electron chi connectivity index (χ3n) is 4.98. The third-order valence-corrected chi connectivity index (χ3v) is 7.22. The van der Waals surface area contributed by atoms with Crippen LogP contribution < -0.4 is 0 Å². The van der Waals surface area contributed by atoms with Crippen molar-refractivity contribution in [3.8, 4) is 0 Å². The van der Waals surface area contributed by atoms with E-state index in [1.54, 1.807) is 0 Å². The maximum Gasteiger partial charge on any atom is 0.0561 e. The first-order valence-electron chi connectivity index (χ1n) is 8.80. The molecular weight excluding hydrogens is 302 g/mol. The van der Waals surface area contributed by atoms with Gasteiger partial charge in [-0.15, -0.1) is 0 Å². The molecule has 1 fully saturated rings. The van der Waals surface area contributed by atoms with Crippen molar-refractivity contribution in [1.29, 1.82) is 0 Å². The lowest BCUT2D eigenvalue weighted by Gasteiger charge is -2.35. The van der Waals surface area contributed by atoms with Crippen LogP contribution in [-0.4, -0.2) is 27.5 Å². The zero-order valence-electron chi connectivity index (χ0n) is 15.7. The van der Waals surface area contributed by atoms with Gasteiger partial charge in [0.25, 0.3) is 0 Å². The molecule has 0 spiro atoms. The Balaban J connectivity index is 2.49. The summed E-state index contributed by atoms with van der Waals surface area (Å²) >= 11 is 0. The maximum atomic E-state index is 13.6. The van der Waals surface area contributed by atoms with E-state index >= 15 is 0 Å². The van der Waals surface area contributed by atoms with Gasteiger partial charge in [-0.05, 0) is 53.2 Å². The molecule has 0 aliphatic carbocycles. The first-order chi connectivity index (χ1) is 10.5. The second kappa shape index (κ2) is 6.60. The predicted octanol–water partition coefficient (Wildman–Crippen LogP) is 4.83. The average Bonchev–Trinajstić information content (AvgIpc) is 2.46. The van der Waals surface area contributed by atoms with Crippen LogP contribution in [0.2, 0.25) is 0 Å². The Hall–Kier alpha value is -0.800. The Labute approximate surface area is 143 Å². The molecule has 0 radical (unpaired) electrons. The SMILES string of the molecule is C=S(=O)(c1ccc(C(C)C)cc1C(C)(C)C)N1CCC(C)CC1. The molecule has 1 unspecified atom stereocenters. The summed E-state index contributed by atoms with van der Waals surface area (Å²) in [5.74, 6) is 5.39. The fourth-order valence-corrected chi connectivity index (χ4v) is 5.26. The molecular formula is C20H33NOS. The fraction of sp³-hybridized carbons (Fsp3) is 0.650. The first kappa shape index (κ1) is 18.5. The number of hydrogen-bond acceptors (Lipinski definition) is 1. The molecule has 1 heterocycles. The Kier molecular flexibility index (Phi) is 5.32. The van der Waals surface area contributed by atoms with E-state index in [-0.39, 0.29) is 5.41 Å². The molecule has 1 aliphatic heterocycles. The van der Waals surface area contributed by atoms with E-state index in [2.05, 4.69) is 69.9 Å². The highest BCUT2D eigenvalue weighted by Crippen LogP contribution is 2.34. The van der Waals surface area contributed by atoms with Crippen molar-refractivity contribution in [1.82, 2.24) is 4.31 Å². The van der Waals surface area contributed by atoms with Gasteiger partial charge in [0.05, 0.1) is 9.71 Å². The van der Waals surface area contributed by atoms with Crippen LogP contribution >= 0.6 is 0 Å². The molecule has 2 nitrogen and oxygen atoms in total. The molecule has 0 amide bonds. The highest BCUT2D eigenvalue weighted by molar-refractivity contribution is 7.98. The average molecular weight is 336 g/mol. The molecule has 3 heteroatoms. The van der Waals surface area contributed by atoms with E-state index in [4.69, 9.17) is 0 Å². The van der Waals surface area contributed by atoms with Crippen molar-refractivity contribution in [3.63, 3.8) is 0 Å². The maximum absolute atomic E-state index is 13.6. The minimum atomic E-state index is -2.41. The van der Waals surface area contributed by atoms with Gasteiger partial charge in [-0.3, -0.25) is 0 Å². The van der Waals surface area contributed by atoms with Crippen LogP contribution in [0.25, 0.3) is 0 Å². The minimum absolute atomic E-state index is 0.0380. The molecule has 0 N–H and O–H groups in total. The third kappa shape index (κ3) is 4.00. The van der Waals surface area contributed by atoms with Crippen LogP contribution in [0.4, 0.5) is 0 Å². The van der Waals surface area contributed by atoms with Gasteiger partial charge in [-0.2, -0.15) is 0 Å². The summed E-state index contributed by atoms with van der Waals surface area (Å²) in [6.45, 7) is 15.1. The van der Waals surface area contributed by atoms with Gasteiger partial charge in [-0.1, -0.05) is 53.7 Å². The van der Waals surface area contributed by atoms with Crippen LogP contribution in [0.15, 0.2) is 23.1 Å². The van der Waals surface area contributed by atoms with Crippen LogP contribution in [0.1, 0.15) is 71.4 Å². The molecule has 23 heavy (non-hydrogen) atoms. The number of benzene rings is 1. The van der Waals surface area contributed by atoms with E-state index in [0.29, 0.717) is 5.92 Å². The zero-order valence-corrected chi connectivity index (χ0v) is 16.5. The zero-order chi connectivity index (χ0) is 17.4. The summed E-state index contributed by atoms with van der Waals surface area (Å²) < 4.78 is 15.7. The van der Waals surface area contributed by atoms with Crippen molar-refractivity contribution < 1.29 is 4.21 Å². The lowest BCUT2D eigenvalue weighted by atomic mass is 9.85. The molecule has 1 saturated heterocycles. The van der Waals surface area contributed by atoms with Crippen molar-refractivity contribution in [2.45, 2.75) is 70.6 Å². The monoisotopic (exact) mass is 335 g/mol. The summed E-state index contributed by atoms with van der Waals surface area (Å²) in [6.07, 6.45) is 2.23. The van der Waals surface area contributed by atoms with Crippen molar-refractivity contribution in [2.24, 2.45) is 5.92 Å². The van der Waals surface area contributed by atoms with Crippen LogP contribution in [-0.2, 0) is 15.1 Å². The quantitative estimate of drug-likeness (QED) is 0.725. The molecule has 1 aromatic rings. The highest BCUT2D eigenvalue weighted by Gasteiger charge is 2.29. The second-order valence-corrected chi connectivity index (χ2v) is 10.6. The summed E-state index contributed by atoms with van der Waals surface area (Å²) in [7, 11) is -2.41. The van der Waals surface area contributed by atoms with Crippen LogP contribution in [0, 0.1) is 5.92 Å². The van der Waals surface area contributed by atoms with E-state index in [1.165, 1.54) is 11.1 Å². The normalized spacial score (nSPS) is 20.7. The van der Waals surface area contributed by atoms with Crippen LogP contribution in [0.5, 0.6) is 0 Å². The summed E-state index contributed by atoms with van der Waals surface area (Å²) in [4.78, 5) is 0.934. The molecule has 1 atom stereocenters. The van der Waals surface area contributed by atoms with Gasteiger partial charge in [-0.25, -0.2) is 8.51 Å². The lowest BCUT2D eigenvalue weighted by molar-refractivity contribution is 0.298. The minimum Gasteiger partial charge on any atom is -0.248 e. The van der Waals surface area contributed by atoms with Gasteiger partial charge in [0.1, 0.15) is 0 Å². The van der Waals surface area contributed by atoms with Crippen molar-refractivity contribution in [2.75, 3.05) is 13.1 Å². The van der Waals surface area contributed by atoms with Gasteiger partial charge in [0.2, 0.25) is 0 Å². The predicted molar refractivity (Wildman–Crippen MR) is 103 cm³/mol. The van der Waals surface area contributed by atoms with Gasteiger partial charge in [0.15, 0.2) is 0 Å². The number of rotatable bonds is 3. The number of nitrogens with zero attached hydrogens (tertiary/aromatic N) is 1. The molecule has 1 aromatic carbocycles. The Morgan fingerprint density at radius 2 is 1.78 bits per heavy atom. The van der Waals surface area contributed by atoms with Crippen molar-refractivity contribution >= 4 is 15.6 Å². The van der Waals surface area contributed by atoms with E-state index in [0.717, 1.165) is 36.7 Å². The fourth-order valence-electron chi connectivity index (χ4n) is 3.19. The Morgan fingerprint density at radius 3 is 2.26 bits per heavy atom. The molecule has 130 valence electrons. The first-order valence-corrected chi connectivity index (χ1v) is 10.5. The smallest absolute Gasteiger partial charge is 0.0561 e.